The molecule has 0 atom stereocenters. The van der Waals surface area contributed by atoms with E-state index in [9.17, 15) is 4.79 Å². The molecular weight excluding hydrogens is 246 g/mol. The van der Waals surface area contributed by atoms with Crippen LogP contribution >= 0.6 is 0 Å². The van der Waals surface area contributed by atoms with Gasteiger partial charge in [-0.2, -0.15) is 0 Å². The van der Waals surface area contributed by atoms with Gasteiger partial charge in [-0.25, -0.2) is 4.79 Å². The summed E-state index contributed by atoms with van der Waals surface area (Å²) in [7, 11) is 0. The van der Waals surface area contributed by atoms with Crippen molar-refractivity contribution in [1.82, 2.24) is 5.16 Å². The number of para-hydroxylation sites is 1. The lowest BCUT2D eigenvalue weighted by Crippen LogP contribution is -1.98. The highest BCUT2D eigenvalue weighted by molar-refractivity contribution is 5.86. The van der Waals surface area contributed by atoms with Crippen molar-refractivity contribution in [3.8, 4) is 17.1 Å². The maximum atomic E-state index is 10.8. The van der Waals surface area contributed by atoms with Crippen LogP contribution in [0.4, 0.5) is 0 Å². The molecule has 0 aliphatic rings. The molecule has 0 aliphatic carbocycles. The van der Waals surface area contributed by atoms with Crippen molar-refractivity contribution in [3.63, 3.8) is 0 Å². The van der Waals surface area contributed by atoms with Gasteiger partial charge in [0.15, 0.2) is 11.5 Å². The first-order chi connectivity index (χ1) is 9.08. The topological polar surface area (TPSA) is 72.6 Å². The van der Waals surface area contributed by atoms with E-state index in [0.717, 1.165) is 5.57 Å². The van der Waals surface area contributed by atoms with Crippen LogP contribution in [0.5, 0.6) is 5.75 Å². The Balaban J connectivity index is 2.32. The minimum Gasteiger partial charge on any atom is -0.489 e. The molecule has 0 saturated carbocycles. The molecule has 98 valence electrons. The van der Waals surface area contributed by atoms with Gasteiger partial charge in [-0.15, -0.1) is 0 Å². The van der Waals surface area contributed by atoms with E-state index in [-0.39, 0.29) is 5.69 Å². The number of benzene rings is 1. The summed E-state index contributed by atoms with van der Waals surface area (Å²) in [5, 5.41) is 12.3. The second-order valence-corrected chi connectivity index (χ2v) is 4.12. The number of nitrogens with zero attached hydrogens (tertiary/aromatic N) is 1. The summed E-state index contributed by atoms with van der Waals surface area (Å²) in [5.74, 6) is -0.177. The molecule has 0 saturated heterocycles. The minimum absolute atomic E-state index is 0.135. The molecule has 0 radical (unpaired) electrons. The number of carboxylic acid groups (broad SMARTS) is 1. The number of ether oxygens (including phenoxy) is 1. The smallest absolute Gasteiger partial charge is 0.358 e. The molecular formula is C14H13NO4. The second-order valence-electron chi connectivity index (χ2n) is 4.12. The molecule has 5 nitrogen and oxygen atoms in total. The van der Waals surface area contributed by atoms with Crippen molar-refractivity contribution < 1.29 is 19.2 Å². The zero-order valence-electron chi connectivity index (χ0n) is 10.4. The van der Waals surface area contributed by atoms with Gasteiger partial charge >= 0.3 is 5.97 Å². The predicted octanol–water partition coefficient (Wildman–Crippen LogP) is 2.99. The normalized spacial score (nSPS) is 10.2. The van der Waals surface area contributed by atoms with Gasteiger partial charge in [-0.05, 0) is 24.6 Å². The van der Waals surface area contributed by atoms with Crippen molar-refractivity contribution in [3.05, 3.63) is 48.2 Å². The van der Waals surface area contributed by atoms with Gasteiger partial charge in [-0.3, -0.25) is 0 Å². The van der Waals surface area contributed by atoms with Crippen LogP contribution in [0.15, 0.2) is 47.0 Å². The molecule has 5 heteroatoms. The fourth-order valence-electron chi connectivity index (χ4n) is 1.50. The van der Waals surface area contributed by atoms with Crippen molar-refractivity contribution in [1.29, 1.82) is 0 Å². The molecule has 2 rings (SSSR count). The maximum Gasteiger partial charge on any atom is 0.358 e. The summed E-state index contributed by atoms with van der Waals surface area (Å²) in [6, 6.07) is 8.56. The molecule has 1 aromatic heterocycles. The molecule has 1 heterocycles. The Morgan fingerprint density at radius 1 is 1.47 bits per heavy atom. The summed E-state index contributed by atoms with van der Waals surface area (Å²) in [6.07, 6.45) is 0. The van der Waals surface area contributed by atoms with Crippen LogP contribution in [0.1, 0.15) is 17.4 Å². The van der Waals surface area contributed by atoms with Gasteiger partial charge in [0.1, 0.15) is 12.4 Å². The Labute approximate surface area is 110 Å². The number of aromatic carboxylic acids is 1. The fourth-order valence-corrected chi connectivity index (χ4v) is 1.50. The van der Waals surface area contributed by atoms with E-state index < -0.39 is 5.97 Å². The quantitative estimate of drug-likeness (QED) is 0.835. The van der Waals surface area contributed by atoms with Crippen LogP contribution in [0.2, 0.25) is 0 Å². The number of aromatic nitrogens is 1. The van der Waals surface area contributed by atoms with Crippen LogP contribution in [-0.2, 0) is 0 Å². The van der Waals surface area contributed by atoms with E-state index in [2.05, 4.69) is 11.7 Å². The van der Waals surface area contributed by atoms with Crippen LogP contribution in [0.25, 0.3) is 11.3 Å². The standard InChI is InChI=1S/C14H13NO4/c1-9(2)8-18-12-6-4-3-5-10(12)13-7-11(14(16)17)15-19-13/h3-7H,1,8H2,2H3,(H,16,17). The lowest BCUT2D eigenvalue weighted by atomic mass is 10.1. The summed E-state index contributed by atoms with van der Waals surface area (Å²) in [6.45, 7) is 6.01. The fraction of sp³-hybridized carbons (Fsp3) is 0.143. The third-order valence-electron chi connectivity index (χ3n) is 2.36. The Morgan fingerprint density at radius 2 is 2.21 bits per heavy atom. The number of hydrogen-bond acceptors (Lipinski definition) is 4. The van der Waals surface area contributed by atoms with Gasteiger partial charge in [0, 0.05) is 6.07 Å². The lowest BCUT2D eigenvalue weighted by Gasteiger charge is -2.08. The molecule has 0 fully saturated rings. The third-order valence-corrected chi connectivity index (χ3v) is 2.36. The van der Waals surface area contributed by atoms with Crippen LogP contribution < -0.4 is 4.74 Å². The van der Waals surface area contributed by atoms with E-state index in [1.807, 2.05) is 19.1 Å². The summed E-state index contributed by atoms with van der Waals surface area (Å²) >= 11 is 0. The largest absolute Gasteiger partial charge is 0.489 e. The van der Waals surface area contributed by atoms with E-state index >= 15 is 0 Å². The average Bonchev–Trinajstić information content (AvgIpc) is 2.86. The summed E-state index contributed by atoms with van der Waals surface area (Å²) in [5.41, 5.74) is 1.41. The molecule has 0 amide bonds. The van der Waals surface area contributed by atoms with Crippen molar-refractivity contribution >= 4 is 5.97 Å². The number of rotatable bonds is 5. The lowest BCUT2D eigenvalue weighted by molar-refractivity contribution is 0.0686. The van der Waals surface area contributed by atoms with Crippen LogP contribution in [0, 0.1) is 0 Å². The average molecular weight is 259 g/mol. The SMILES string of the molecule is C=C(C)COc1ccccc1-c1cc(C(=O)O)no1. The Bertz CT molecular complexity index is 615. The first-order valence-electron chi connectivity index (χ1n) is 5.64. The minimum atomic E-state index is -1.13. The predicted molar refractivity (Wildman–Crippen MR) is 69.2 cm³/mol. The van der Waals surface area contributed by atoms with Crippen LogP contribution in [-0.4, -0.2) is 22.8 Å². The molecule has 1 aromatic carbocycles. The zero-order chi connectivity index (χ0) is 13.8. The van der Waals surface area contributed by atoms with E-state index in [0.29, 0.717) is 23.7 Å². The summed E-state index contributed by atoms with van der Waals surface area (Å²) < 4.78 is 10.6. The van der Waals surface area contributed by atoms with E-state index in [1.165, 1.54) is 6.07 Å². The van der Waals surface area contributed by atoms with Gasteiger partial charge in [0.25, 0.3) is 0 Å². The highest BCUT2D eigenvalue weighted by Gasteiger charge is 2.15. The van der Waals surface area contributed by atoms with Crippen LogP contribution in [0.3, 0.4) is 0 Å². The zero-order valence-corrected chi connectivity index (χ0v) is 10.4. The van der Waals surface area contributed by atoms with Crippen molar-refractivity contribution in [2.75, 3.05) is 6.61 Å². The molecule has 19 heavy (non-hydrogen) atoms. The number of carbonyl (C=O) groups is 1. The van der Waals surface area contributed by atoms with Crippen molar-refractivity contribution in [2.24, 2.45) is 0 Å². The molecule has 2 aromatic rings. The molecule has 0 unspecified atom stereocenters. The van der Waals surface area contributed by atoms with E-state index in [4.69, 9.17) is 14.4 Å². The first-order valence-corrected chi connectivity index (χ1v) is 5.64. The second kappa shape index (κ2) is 5.39. The summed E-state index contributed by atoms with van der Waals surface area (Å²) in [4.78, 5) is 10.8. The maximum absolute atomic E-state index is 10.8. The molecule has 1 N–H and O–H groups in total. The van der Waals surface area contributed by atoms with Gasteiger partial charge in [0.05, 0.1) is 5.56 Å². The third kappa shape index (κ3) is 3.01. The molecule has 0 aliphatic heterocycles. The van der Waals surface area contributed by atoms with Gasteiger partial charge in [-0.1, -0.05) is 23.9 Å². The van der Waals surface area contributed by atoms with E-state index in [1.54, 1.807) is 12.1 Å². The molecule has 0 spiro atoms. The monoisotopic (exact) mass is 259 g/mol. The van der Waals surface area contributed by atoms with Gasteiger partial charge < -0.3 is 14.4 Å². The Morgan fingerprint density at radius 3 is 2.84 bits per heavy atom. The number of hydrogen-bond donors (Lipinski definition) is 1. The number of carboxylic acids is 1. The first kappa shape index (κ1) is 12.9. The Kier molecular flexibility index (Phi) is 3.66. The Hall–Kier alpha value is -2.56. The highest BCUT2D eigenvalue weighted by atomic mass is 16.5. The highest BCUT2D eigenvalue weighted by Crippen LogP contribution is 2.30. The molecule has 0 bridgehead atoms. The van der Waals surface area contributed by atoms with Crippen molar-refractivity contribution in [2.45, 2.75) is 6.92 Å². The van der Waals surface area contributed by atoms with Gasteiger partial charge in [0.2, 0.25) is 0 Å².